The van der Waals surface area contributed by atoms with Gasteiger partial charge in [-0.15, -0.1) is 0 Å². The average Bonchev–Trinajstić information content (AvgIpc) is 2.64. The van der Waals surface area contributed by atoms with Crippen molar-refractivity contribution in [3.8, 4) is 11.1 Å². The third kappa shape index (κ3) is 4.35. The molecular formula is C23H17F7. The molecule has 0 heterocycles. The third-order valence-electron chi connectivity index (χ3n) is 4.83. The van der Waals surface area contributed by atoms with Crippen LogP contribution in [-0.2, 0) is 6.42 Å². The molecule has 0 saturated carbocycles. The van der Waals surface area contributed by atoms with E-state index in [0.717, 1.165) is 37.5 Å². The molecule has 0 aliphatic carbocycles. The summed E-state index contributed by atoms with van der Waals surface area (Å²) in [5.41, 5.74) is -1.43. The first kappa shape index (κ1) is 21.9. The van der Waals surface area contributed by atoms with Crippen LogP contribution in [0.3, 0.4) is 0 Å². The van der Waals surface area contributed by atoms with Gasteiger partial charge in [0.15, 0.2) is 0 Å². The molecule has 0 unspecified atom stereocenters. The Morgan fingerprint density at radius 2 is 1.47 bits per heavy atom. The lowest BCUT2D eigenvalue weighted by Gasteiger charge is -2.12. The van der Waals surface area contributed by atoms with Crippen LogP contribution in [-0.4, -0.2) is 0 Å². The lowest BCUT2D eigenvalue weighted by atomic mass is 9.96. The lowest BCUT2D eigenvalue weighted by Crippen LogP contribution is -1.98. The van der Waals surface area contributed by atoms with E-state index in [1.807, 2.05) is 6.92 Å². The molecule has 0 amide bonds. The second kappa shape index (κ2) is 8.90. The van der Waals surface area contributed by atoms with Crippen LogP contribution >= 0.6 is 0 Å². The molecule has 0 aromatic heterocycles. The minimum Gasteiger partial charge on any atom is -0.206 e. The summed E-state index contributed by atoms with van der Waals surface area (Å²) in [7, 11) is 0. The molecule has 0 bridgehead atoms. The zero-order valence-electron chi connectivity index (χ0n) is 15.9. The monoisotopic (exact) mass is 426 g/mol. The summed E-state index contributed by atoms with van der Waals surface area (Å²) in [6.07, 6.45) is 0.685. The summed E-state index contributed by atoms with van der Waals surface area (Å²) in [6, 6.07) is 4.65. The van der Waals surface area contributed by atoms with Gasteiger partial charge in [-0.1, -0.05) is 19.8 Å². The molecule has 7 heteroatoms. The van der Waals surface area contributed by atoms with E-state index >= 15 is 0 Å². The van der Waals surface area contributed by atoms with Crippen molar-refractivity contribution in [2.75, 3.05) is 0 Å². The fraction of sp³-hybridized carbons (Fsp3) is 0.217. The van der Waals surface area contributed by atoms with E-state index < -0.39 is 51.7 Å². The van der Waals surface area contributed by atoms with Gasteiger partial charge in [0.2, 0.25) is 0 Å². The molecule has 3 rings (SSSR count). The fourth-order valence-electron chi connectivity index (χ4n) is 3.44. The summed E-state index contributed by atoms with van der Waals surface area (Å²) in [5, 5.41) is -1.09. The number of hydrogen-bond acceptors (Lipinski definition) is 0. The summed E-state index contributed by atoms with van der Waals surface area (Å²) >= 11 is 0. The van der Waals surface area contributed by atoms with Gasteiger partial charge in [-0.3, -0.25) is 0 Å². The summed E-state index contributed by atoms with van der Waals surface area (Å²) in [5.74, 6) is -5.98. The number of benzene rings is 3. The van der Waals surface area contributed by atoms with Crippen molar-refractivity contribution in [3.63, 3.8) is 0 Å². The second-order valence-electron chi connectivity index (χ2n) is 6.97. The summed E-state index contributed by atoms with van der Waals surface area (Å²) in [6.45, 7) is 2.00. The van der Waals surface area contributed by atoms with Crippen molar-refractivity contribution < 1.29 is 30.7 Å². The second-order valence-corrected chi connectivity index (χ2v) is 6.97. The largest absolute Gasteiger partial charge is 0.271 e. The Morgan fingerprint density at radius 1 is 0.800 bits per heavy atom. The van der Waals surface area contributed by atoms with Crippen LogP contribution in [0.2, 0.25) is 0 Å². The van der Waals surface area contributed by atoms with Crippen molar-refractivity contribution in [1.82, 2.24) is 0 Å². The standard InChI is InChI=1S/C23H17F7/c1-2-3-4-5-12-6-17(25)21(18(26)7-12)13-8-14-9-16(24)15(11-20(28)29)23(30)22(14)19(27)10-13/h6-11H,2-5H2,1H3. The van der Waals surface area contributed by atoms with Gasteiger partial charge in [-0.25, -0.2) is 22.0 Å². The Kier molecular flexibility index (Phi) is 6.48. The molecule has 0 nitrogen and oxygen atoms in total. The van der Waals surface area contributed by atoms with Crippen LogP contribution in [0.5, 0.6) is 0 Å². The molecule has 3 aromatic rings. The number of rotatable bonds is 6. The molecule has 30 heavy (non-hydrogen) atoms. The van der Waals surface area contributed by atoms with Crippen LogP contribution in [0.25, 0.3) is 28.0 Å². The number of halogens is 7. The van der Waals surface area contributed by atoms with E-state index in [1.165, 1.54) is 0 Å². The van der Waals surface area contributed by atoms with E-state index in [2.05, 4.69) is 0 Å². The smallest absolute Gasteiger partial charge is 0.206 e. The maximum atomic E-state index is 14.6. The Bertz CT molecular complexity index is 1110. The Hall–Kier alpha value is -2.83. The van der Waals surface area contributed by atoms with Gasteiger partial charge in [0, 0.05) is 6.08 Å². The van der Waals surface area contributed by atoms with Crippen molar-refractivity contribution >= 4 is 16.8 Å². The molecule has 0 N–H and O–H groups in total. The number of unbranched alkanes of at least 4 members (excludes halogenated alkanes) is 2. The number of aryl methyl sites for hydroxylation is 1. The van der Waals surface area contributed by atoms with Crippen molar-refractivity contribution in [1.29, 1.82) is 0 Å². The normalized spacial score (nSPS) is 11.2. The fourth-order valence-corrected chi connectivity index (χ4v) is 3.44. The van der Waals surface area contributed by atoms with Gasteiger partial charge >= 0.3 is 0 Å². The molecule has 3 aromatic carbocycles. The Labute approximate surface area is 168 Å². The maximum absolute atomic E-state index is 14.6. The highest BCUT2D eigenvalue weighted by Crippen LogP contribution is 2.35. The van der Waals surface area contributed by atoms with Gasteiger partial charge in [-0.2, -0.15) is 8.78 Å². The van der Waals surface area contributed by atoms with Crippen LogP contribution in [0, 0.1) is 29.1 Å². The number of hydrogen-bond donors (Lipinski definition) is 0. The van der Waals surface area contributed by atoms with E-state index in [9.17, 15) is 30.7 Å². The molecule has 0 atom stereocenters. The third-order valence-corrected chi connectivity index (χ3v) is 4.83. The first-order chi connectivity index (χ1) is 14.2. The summed E-state index contributed by atoms with van der Waals surface area (Å²) < 4.78 is 97.2. The van der Waals surface area contributed by atoms with E-state index in [-0.39, 0.29) is 17.0 Å². The van der Waals surface area contributed by atoms with Crippen LogP contribution in [0.15, 0.2) is 36.4 Å². The van der Waals surface area contributed by atoms with Gasteiger partial charge in [-0.05, 0) is 59.7 Å². The SMILES string of the molecule is CCCCCc1cc(F)c(-c2cc(F)c3c(F)c(C=C(F)F)c(F)cc3c2)c(F)c1. The van der Waals surface area contributed by atoms with E-state index in [0.29, 0.717) is 24.1 Å². The van der Waals surface area contributed by atoms with E-state index in [1.54, 1.807) is 0 Å². The highest BCUT2D eigenvalue weighted by molar-refractivity contribution is 5.90. The highest BCUT2D eigenvalue weighted by atomic mass is 19.3. The Morgan fingerprint density at radius 3 is 2.07 bits per heavy atom. The minimum atomic E-state index is -2.35. The Balaban J connectivity index is 2.13. The first-order valence-corrected chi connectivity index (χ1v) is 9.35. The molecule has 0 aliphatic rings. The molecule has 0 radical (unpaired) electrons. The first-order valence-electron chi connectivity index (χ1n) is 9.35. The van der Waals surface area contributed by atoms with Gasteiger partial charge in [0.25, 0.3) is 6.08 Å². The molecular weight excluding hydrogens is 409 g/mol. The van der Waals surface area contributed by atoms with Crippen molar-refractivity contribution in [2.45, 2.75) is 32.6 Å². The molecule has 158 valence electrons. The lowest BCUT2D eigenvalue weighted by molar-refractivity contribution is 0.428. The van der Waals surface area contributed by atoms with Gasteiger partial charge in [0.1, 0.15) is 29.1 Å². The van der Waals surface area contributed by atoms with Crippen molar-refractivity contribution in [2.24, 2.45) is 0 Å². The molecule has 0 aliphatic heterocycles. The van der Waals surface area contributed by atoms with Crippen LogP contribution < -0.4 is 0 Å². The molecule has 0 saturated heterocycles. The molecule has 0 spiro atoms. The summed E-state index contributed by atoms with van der Waals surface area (Å²) in [4.78, 5) is 0. The predicted octanol–water partition coefficient (Wildman–Crippen LogP) is 8.17. The topological polar surface area (TPSA) is 0 Å². The van der Waals surface area contributed by atoms with Gasteiger partial charge < -0.3 is 0 Å². The molecule has 0 fully saturated rings. The minimum absolute atomic E-state index is 0.0476. The van der Waals surface area contributed by atoms with E-state index in [4.69, 9.17) is 0 Å². The number of fused-ring (bicyclic) bond motifs is 1. The zero-order chi connectivity index (χ0) is 22.0. The highest BCUT2D eigenvalue weighted by Gasteiger charge is 2.20. The van der Waals surface area contributed by atoms with Crippen LogP contribution in [0.4, 0.5) is 30.7 Å². The van der Waals surface area contributed by atoms with Crippen LogP contribution in [0.1, 0.15) is 37.3 Å². The zero-order valence-corrected chi connectivity index (χ0v) is 15.9. The van der Waals surface area contributed by atoms with Crippen molar-refractivity contribution in [3.05, 3.63) is 76.6 Å². The van der Waals surface area contributed by atoms with Gasteiger partial charge in [0.05, 0.1) is 16.5 Å². The maximum Gasteiger partial charge on any atom is 0.271 e. The quantitative estimate of drug-likeness (QED) is 0.275. The average molecular weight is 426 g/mol. The predicted molar refractivity (Wildman–Crippen MR) is 103 cm³/mol.